The minimum atomic E-state index is -0.523. The van der Waals surface area contributed by atoms with E-state index < -0.39 is 5.60 Å². The Morgan fingerprint density at radius 1 is 1.10 bits per heavy atom. The van der Waals surface area contributed by atoms with Gasteiger partial charge in [0, 0.05) is 43.7 Å². The SMILES string of the molecule is CC1CC=C(c2ccc3ccc(N4CCN(C)CC4)nc3c2)N(C(=O)OC(C)(C)C)C1. The molecule has 1 atom stereocenters. The first kappa shape index (κ1) is 21.6. The quantitative estimate of drug-likeness (QED) is 0.708. The van der Waals surface area contributed by atoms with E-state index in [9.17, 15) is 4.79 Å². The number of likely N-dealkylation sites (N-methyl/N-ethyl adjacent to an activating group) is 1. The normalized spacial score (nSPS) is 20.7. The van der Waals surface area contributed by atoms with Crippen LogP contribution in [-0.4, -0.2) is 66.2 Å². The number of nitrogens with zero attached hydrogens (tertiary/aromatic N) is 4. The topological polar surface area (TPSA) is 48.9 Å². The van der Waals surface area contributed by atoms with Crippen molar-refractivity contribution < 1.29 is 9.53 Å². The highest BCUT2D eigenvalue weighted by atomic mass is 16.6. The van der Waals surface area contributed by atoms with Gasteiger partial charge in [-0.3, -0.25) is 4.90 Å². The van der Waals surface area contributed by atoms with Crippen molar-refractivity contribution in [3.63, 3.8) is 0 Å². The summed E-state index contributed by atoms with van der Waals surface area (Å²) in [4.78, 5) is 24.4. The van der Waals surface area contributed by atoms with Gasteiger partial charge in [0.05, 0.1) is 11.2 Å². The number of pyridine rings is 1. The van der Waals surface area contributed by atoms with Crippen molar-refractivity contribution >= 4 is 28.5 Å². The van der Waals surface area contributed by atoms with E-state index in [1.807, 2.05) is 20.8 Å². The number of anilines is 1. The van der Waals surface area contributed by atoms with Gasteiger partial charge in [0.15, 0.2) is 0 Å². The molecule has 6 heteroatoms. The van der Waals surface area contributed by atoms with Crippen LogP contribution in [0.15, 0.2) is 36.4 Å². The first-order valence-electron chi connectivity index (χ1n) is 11.2. The van der Waals surface area contributed by atoms with Crippen LogP contribution in [0.1, 0.15) is 39.7 Å². The average molecular weight is 423 g/mol. The summed E-state index contributed by atoms with van der Waals surface area (Å²) in [7, 11) is 2.16. The van der Waals surface area contributed by atoms with Crippen LogP contribution >= 0.6 is 0 Å². The van der Waals surface area contributed by atoms with Crippen LogP contribution in [0.4, 0.5) is 10.6 Å². The van der Waals surface area contributed by atoms with Crippen LogP contribution in [0.5, 0.6) is 0 Å². The lowest BCUT2D eigenvalue weighted by Gasteiger charge is -2.34. The molecular weight excluding hydrogens is 388 g/mol. The van der Waals surface area contributed by atoms with Gasteiger partial charge < -0.3 is 14.5 Å². The van der Waals surface area contributed by atoms with Crippen molar-refractivity contribution in [2.45, 2.75) is 39.7 Å². The highest BCUT2D eigenvalue weighted by Gasteiger charge is 2.29. The van der Waals surface area contributed by atoms with E-state index in [1.54, 1.807) is 4.90 Å². The van der Waals surface area contributed by atoms with Gasteiger partial charge >= 0.3 is 6.09 Å². The average Bonchev–Trinajstić information content (AvgIpc) is 2.72. The molecule has 1 fully saturated rings. The van der Waals surface area contributed by atoms with E-state index in [0.29, 0.717) is 12.5 Å². The Kier molecular flexibility index (Phi) is 5.93. The van der Waals surface area contributed by atoms with Gasteiger partial charge in [0.1, 0.15) is 11.4 Å². The Morgan fingerprint density at radius 3 is 2.52 bits per heavy atom. The fourth-order valence-corrected chi connectivity index (χ4v) is 4.15. The zero-order valence-electron chi connectivity index (χ0n) is 19.4. The molecule has 0 bridgehead atoms. The van der Waals surface area contributed by atoms with Crippen molar-refractivity contribution in [3.8, 4) is 0 Å². The van der Waals surface area contributed by atoms with Gasteiger partial charge in [-0.1, -0.05) is 25.1 Å². The van der Waals surface area contributed by atoms with E-state index in [-0.39, 0.29) is 6.09 Å². The predicted octanol–water partition coefficient (Wildman–Crippen LogP) is 4.60. The monoisotopic (exact) mass is 422 g/mol. The number of hydrogen-bond donors (Lipinski definition) is 0. The van der Waals surface area contributed by atoms with Gasteiger partial charge in [-0.15, -0.1) is 0 Å². The molecule has 1 aromatic heterocycles. The minimum absolute atomic E-state index is 0.287. The van der Waals surface area contributed by atoms with Gasteiger partial charge in [-0.2, -0.15) is 0 Å². The molecule has 1 aromatic carbocycles. The van der Waals surface area contributed by atoms with Gasteiger partial charge in [0.25, 0.3) is 0 Å². The zero-order chi connectivity index (χ0) is 22.2. The first-order chi connectivity index (χ1) is 14.7. The lowest BCUT2D eigenvalue weighted by molar-refractivity contribution is 0.0327. The maximum atomic E-state index is 12.9. The third-order valence-corrected chi connectivity index (χ3v) is 5.91. The van der Waals surface area contributed by atoms with Gasteiger partial charge in [-0.25, -0.2) is 9.78 Å². The molecule has 0 aliphatic carbocycles. The highest BCUT2D eigenvalue weighted by molar-refractivity contribution is 5.88. The van der Waals surface area contributed by atoms with E-state index in [4.69, 9.17) is 9.72 Å². The molecule has 1 amide bonds. The molecule has 4 rings (SSSR count). The number of rotatable bonds is 2. The minimum Gasteiger partial charge on any atom is -0.443 e. The molecule has 0 radical (unpaired) electrons. The molecule has 2 aliphatic rings. The Labute approximate surface area is 185 Å². The molecule has 0 N–H and O–H groups in total. The smallest absolute Gasteiger partial charge is 0.414 e. The molecule has 1 saturated heterocycles. The maximum Gasteiger partial charge on any atom is 0.414 e. The second kappa shape index (κ2) is 8.50. The molecule has 2 aromatic rings. The molecule has 0 spiro atoms. The van der Waals surface area contributed by atoms with E-state index in [0.717, 1.165) is 60.6 Å². The van der Waals surface area contributed by atoms with Crippen molar-refractivity contribution in [1.82, 2.24) is 14.8 Å². The summed E-state index contributed by atoms with van der Waals surface area (Å²) in [6, 6.07) is 10.5. The van der Waals surface area contributed by atoms with Crippen LogP contribution < -0.4 is 4.90 Å². The molecule has 166 valence electrons. The highest BCUT2D eigenvalue weighted by Crippen LogP contribution is 2.31. The Bertz CT molecular complexity index is 987. The Hall–Kier alpha value is -2.60. The Morgan fingerprint density at radius 2 is 1.81 bits per heavy atom. The standard InChI is InChI=1S/C25H34N4O2/c1-18-6-10-22(29(17-18)24(30)31-25(2,3)4)20-8-7-19-9-11-23(26-21(19)16-20)28-14-12-27(5)13-15-28/h7-11,16,18H,6,12-15,17H2,1-5H3. The maximum absolute atomic E-state index is 12.9. The number of piperazine rings is 1. The van der Waals surface area contributed by atoms with Crippen LogP contribution in [0.2, 0.25) is 0 Å². The van der Waals surface area contributed by atoms with Crippen LogP contribution in [0.3, 0.4) is 0 Å². The second-order valence-electron chi connectivity index (χ2n) is 9.89. The molecule has 2 aliphatic heterocycles. The number of allylic oxidation sites excluding steroid dienone is 1. The summed E-state index contributed by atoms with van der Waals surface area (Å²) in [5, 5.41) is 1.11. The number of fused-ring (bicyclic) bond motifs is 1. The number of carbonyl (C=O) groups excluding carboxylic acids is 1. The lowest BCUT2D eigenvalue weighted by Crippen LogP contribution is -2.44. The van der Waals surface area contributed by atoms with E-state index in [1.165, 1.54) is 0 Å². The zero-order valence-corrected chi connectivity index (χ0v) is 19.4. The van der Waals surface area contributed by atoms with Crippen molar-refractivity contribution in [1.29, 1.82) is 0 Å². The van der Waals surface area contributed by atoms with E-state index >= 15 is 0 Å². The van der Waals surface area contributed by atoms with Crippen molar-refractivity contribution in [2.75, 3.05) is 44.7 Å². The number of carbonyl (C=O) groups is 1. The summed E-state index contributed by atoms with van der Waals surface area (Å²) in [5.74, 6) is 1.42. The third kappa shape index (κ3) is 5.01. The van der Waals surface area contributed by atoms with Crippen molar-refractivity contribution in [3.05, 3.63) is 42.0 Å². The number of ether oxygens (including phenoxy) is 1. The summed E-state index contributed by atoms with van der Waals surface area (Å²) >= 11 is 0. The van der Waals surface area contributed by atoms with Crippen LogP contribution in [0, 0.1) is 5.92 Å². The summed E-state index contributed by atoms with van der Waals surface area (Å²) in [6.07, 6.45) is 2.81. The largest absolute Gasteiger partial charge is 0.443 e. The predicted molar refractivity (Wildman–Crippen MR) is 126 cm³/mol. The first-order valence-corrected chi connectivity index (χ1v) is 11.2. The lowest BCUT2D eigenvalue weighted by atomic mass is 9.98. The fraction of sp³-hybridized carbons (Fsp3) is 0.520. The summed E-state index contributed by atoms with van der Waals surface area (Å²) in [6.45, 7) is 12.6. The molecule has 0 saturated carbocycles. The van der Waals surface area contributed by atoms with Gasteiger partial charge in [-0.05, 0) is 58.4 Å². The molecule has 1 unspecified atom stereocenters. The molecular formula is C25H34N4O2. The van der Waals surface area contributed by atoms with Crippen LogP contribution in [0.25, 0.3) is 16.6 Å². The van der Waals surface area contributed by atoms with Gasteiger partial charge in [0.2, 0.25) is 0 Å². The molecule has 3 heterocycles. The van der Waals surface area contributed by atoms with Crippen LogP contribution in [-0.2, 0) is 4.74 Å². The number of aromatic nitrogens is 1. The number of benzene rings is 1. The van der Waals surface area contributed by atoms with E-state index in [2.05, 4.69) is 60.2 Å². The Balaban J connectivity index is 1.64. The van der Waals surface area contributed by atoms with Crippen molar-refractivity contribution in [2.24, 2.45) is 5.92 Å². The number of amides is 1. The fourth-order valence-electron chi connectivity index (χ4n) is 4.15. The second-order valence-corrected chi connectivity index (χ2v) is 9.89. The number of hydrogen-bond acceptors (Lipinski definition) is 5. The molecule has 31 heavy (non-hydrogen) atoms. The summed E-state index contributed by atoms with van der Waals surface area (Å²) < 4.78 is 5.69. The summed E-state index contributed by atoms with van der Waals surface area (Å²) in [5.41, 5.74) is 2.36. The molecule has 6 nitrogen and oxygen atoms in total. The third-order valence-electron chi connectivity index (χ3n) is 5.91.